The van der Waals surface area contributed by atoms with Gasteiger partial charge < -0.3 is 10.4 Å². The van der Waals surface area contributed by atoms with Crippen LogP contribution in [0.5, 0.6) is 0 Å². The van der Waals surface area contributed by atoms with Gasteiger partial charge in [-0.05, 0) is 49.6 Å². The number of carboxylic acids is 1. The summed E-state index contributed by atoms with van der Waals surface area (Å²) < 4.78 is 0. The summed E-state index contributed by atoms with van der Waals surface area (Å²) in [4.78, 5) is 12.2. The fourth-order valence-corrected chi connectivity index (χ4v) is 3.22. The first-order valence-corrected chi connectivity index (χ1v) is 7.04. The van der Waals surface area contributed by atoms with Crippen molar-refractivity contribution in [2.75, 3.05) is 0 Å². The summed E-state index contributed by atoms with van der Waals surface area (Å²) in [6.07, 6.45) is 3.61. The Morgan fingerprint density at radius 3 is 2.71 bits per heavy atom. The van der Waals surface area contributed by atoms with E-state index in [9.17, 15) is 4.79 Å². The molecule has 1 heterocycles. The summed E-state index contributed by atoms with van der Waals surface area (Å²) in [7, 11) is 0. The zero-order valence-electron chi connectivity index (χ0n) is 10.1. The zero-order valence-corrected chi connectivity index (χ0v) is 10.9. The normalized spacial score (nSPS) is 24.8. The quantitative estimate of drug-likeness (QED) is 0.867. The minimum atomic E-state index is -0.627. The first kappa shape index (κ1) is 12.6. The monoisotopic (exact) mass is 253 g/mol. The second-order valence-electron chi connectivity index (χ2n) is 4.79. The van der Waals surface area contributed by atoms with Crippen molar-refractivity contribution in [1.82, 2.24) is 5.32 Å². The van der Waals surface area contributed by atoms with Crippen LogP contribution in [0.2, 0.25) is 0 Å². The zero-order chi connectivity index (χ0) is 12.3. The van der Waals surface area contributed by atoms with Crippen LogP contribution in [-0.2, 0) is 11.3 Å². The van der Waals surface area contributed by atoms with Crippen molar-refractivity contribution >= 4 is 17.3 Å². The van der Waals surface area contributed by atoms with Gasteiger partial charge >= 0.3 is 5.97 Å². The second-order valence-corrected chi connectivity index (χ2v) is 5.80. The van der Waals surface area contributed by atoms with Gasteiger partial charge in [0.25, 0.3) is 0 Å². The van der Waals surface area contributed by atoms with E-state index < -0.39 is 5.97 Å². The molecule has 1 saturated carbocycles. The molecule has 1 aliphatic rings. The molecule has 1 aliphatic carbocycles. The third-order valence-electron chi connectivity index (χ3n) is 3.60. The van der Waals surface area contributed by atoms with Crippen LogP contribution in [0, 0.1) is 12.8 Å². The van der Waals surface area contributed by atoms with Crippen LogP contribution in [0.1, 0.15) is 36.1 Å². The van der Waals surface area contributed by atoms with Crippen LogP contribution in [-0.4, -0.2) is 17.1 Å². The lowest BCUT2D eigenvalue weighted by Crippen LogP contribution is -2.34. The molecule has 1 aromatic heterocycles. The van der Waals surface area contributed by atoms with Crippen LogP contribution in [0.3, 0.4) is 0 Å². The number of hydrogen-bond acceptors (Lipinski definition) is 3. The fraction of sp³-hybridized carbons (Fsp3) is 0.615. The van der Waals surface area contributed by atoms with E-state index in [2.05, 4.69) is 23.7 Å². The van der Waals surface area contributed by atoms with Gasteiger partial charge in [-0.2, -0.15) is 0 Å². The van der Waals surface area contributed by atoms with Gasteiger partial charge in [0.1, 0.15) is 0 Å². The Bertz CT molecular complexity index is 381. The molecule has 0 aliphatic heterocycles. The van der Waals surface area contributed by atoms with E-state index in [1.165, 1.54) is 10.4 Å². The van der Waals surface area contributed by atoms with Gasteiger partial charge in [-0.1, -0.05) is 0 Å². The highest BCUT2D eigenvalue weighted by atomic mass is 32.1. The lowest BCUT2D eigenvalue weighted by atomic mass is 9.86. The molecule has 0 unspecified atom stereocenters. The molecular weight excluding hydrogens is 234 g/mol. The number of rotatable bonds is 4. The van der Waals surface area contributed by atoms with Crippen LogP contribution in [0.15, 0.2) is 11.4 Å². The molecule has 0 bridgehead atoms. The fourth-order valence-electron chi connectivity index (χ4n) is 2.37. The Labute approximate surface area is 106 Å². The van der Waals surface area contributed by atoms with Gasteiger partial charge in [0.05, 0.1) is 5.92 Å². The largest absolute Gasteiger partial charge is 0.481 e. The Hall–Kier alpha value is -0.870. The first-order chi connectivity index (χ1) is 8.16. The molecule has 4 heteroatoms. The number of nitrogens with one attached hydrogen (secondary N) is 1. The minimum absolute atomic E-state index is 0.114. The van der Waals surface area contributed by atoms with Gasteiger partial charge in [-0.15, -0.1) is 11.3 Å². The molecule has 3 nitrogen and oxygen atoms in total. The maximum Gasteiger partial charge on any atom is 0.306 e. The topological polar surface area (TPSA) is 49.3 Å². The molecule has 17 heavy (non-hydrogen) atoms. The number of carboxylic acid groups (broad SMARTS) is 1. The van der Waals surface area contributed by atoms with Crippen molar-refractivity contribution in [3.8, 4) is 0 Å². The van der Waals surface area contributed by atoms with Crippen molar-refractivity contribution in [3.63, 3.8) is 0 Å². The predicted molar refractivity (Wildman–Crippen MR) is 69.3 cm³/mol. The second kappa shape index (κ2) is 5.65. The Morgan fingerprint density at radius 1 is 1.47 bits per heavy atom. The number of aliphatic carboxylic acids is 1. The molecule has 0 aromatic carbocycles. The number of carbonyl (C=O) groups is 1. The summed E-state index contributed by atoms with van der Waals surface area (Å²) >= 11 is 1.79. The molecule has 0 saturated heterocycles. The van der Waals surface area contributed by atoms with Gasteiger partial charge in [-0.3, -0.25) is 4.79 Å². The van der Waals surface area contributed by atoms with Crippen LogP contribution < -0.4 is 5.32 Å². The van der Waals surface area contributed by atoms with E-state index >= 15 is 0 Å². The summed E-state index contributed by atoms with van der Waals surface area (Å²) in [5.41, 5.74) is 1.35. The standard InChI is InChI=1S/C13H19NO2S/c1-9-6-7-17-12(9)8-14-11-4-2-10(3-5-11)13(15)16/h6-7,10-11,14H,2-5,8H2,1H3,(H,15,16). The maximum absolute atomic E-state index is 10.8. The molecule has 94 valence electrons. The molecule has 1 fully saturated rings. The van der Waals surface area contributed by atoms with Crippen LogP contribution >= 0.6 is 11.3 Å². The van der Waals surface area contributed by atoms with Crippen molar-refractivity contribution < 1.29 is 9.90 Å². The van der Waals surface area contributed by atoms with Crippen molar-refractivity contribution in [2.24, 2.45) is 5.92 Å². The third kappa shape index (κ3) is 3.30. The minimum Gasteiger partial charge on any atom is -0.481 e. The highest BCUT2D eigenvalue weighted by Crippen LogP contribution is 2.25. The number of hydrogen-bond donors (Lipinski definition) is 2. The Balaban J connectivity index is 1.75. The van der Waals surface area contributed by atoms with E-state index in [0.717, 1.165) is 32.2 Å². The highest BCUT2D eigenvalue weighted by molar-refractivity contribution is 7.10. The maximum atomic E-state index is 10.8. The molecule has 0 spiro atoms. The van der Waals surface area contributed by atoms with E-state index in [0.29, 0.717) is 6.04 Å². The molecule has 0 amide bonds. The number of aryl methyl sites for hydroxylation is 1. The molecule has 0 atom stereocenters. The molecule has 0 radical (unpaired) electrons. The molecule has 2 N–H and O–H groups in total. The highest BCUT2D eigenvalue weighted by Gasteiger charge is 2.25. The van der Waals surface area contributed by atoms with Crippen LogP contribution in [0.4, 0.5) is 0 Å². The van der Waals surface area contributed by atoms with Crippen LogP contribution in [0.25, 0.3) is 0 Å². The van der Waals surface area contributed by atoms with E-state index in [-0.39, 0.29) is 5.92 Å². The van der Waals surface area contributed by atoms with Gasteiger partial charge in [0, 0.05) is 17.5 Å². The lowest BCUT2D eigenvalue weighted by Gasteiger charge is -2.26. The average Bonchev–Trinajstić information content (AvgIpc) is 2.73. The van der Waals surface area contributed by atoms with E-state index in [1.807, 2.05) is 0 Å². The van der Waals surface area contributed by atoms with Gasteiger partial charge in [-0.25, -0.2) is 0 Å². The average molecular weight is 253 g/mol. The van der Waals surface area contributed by atoms with E-state index in [4.69, 9.17) is 5.11 Å². The third-order valence-corrected chi connectivity index (χ3v) is 4.62. The van der Waals surface area contributed by atoms with Crippen molar-refractivity contribution in [3.05, 3.63) is 21.9 Å². The van der Waals surface area contributed by atoms with Gasteiger partial charge in [0.2, 0.25) is 0 Å². The Kier molecular flexibility index (Phi) is 4.18. The number of thiophene rings is 1. The lowest BCUT2D eigenvalue weighted by molar-refractivity contribution is -0.142. The van der Waals surface area contributed by atoms with E-state index in [1.54, 1.807) is 11.3 Å². The smallest absolute Gasteiger partial charge is 0.306 e. The molecule has 2 rings (SSSR count). The molecule has 1 aromatic rings. The SMILES string of the molecule is Cc1ccsc1CNC1CCC(C(=O)O)CC1. The summed E-state index contributed by atoms with van der Waals surface area (Å²) in [5, 5.41) is 14.6. The first-order valence-electron chi connectivity index (χ1n) is 6.16. The Morgan fingerprint density at radius 2 is 2.18 bits per heavy atom. The van der Waals surface area contributed by atoms with Gasteiger partial charge in [0.15, 0.2) is 0 Å². The summed E-state index contributed by atoms with van der Waals surface area (Å²) in [6, 6.07) is 2.63. The molecular formula is C13H19NO2S. The summed E-state index contributed by atoms with van der Waals surface area (Å²) in [5.74, 6) is -0.742. The van der Waals surface area contributed by atoms with Crippen molar-refractivity contribution in [1.29, 1.82) is 0 Å². The predicted octanol–water partition coefficient (Wildman–Crippen LogP) is 2.79. The van der Waals surface area contributed by atoms with Crippen molar-refractivity contribution in [2.45, 2.75) is 45.2 Å². The summed E-state index contributed by atoms with van der Waals surface area (Å²) in [6.45, 7) is 3.06.